The van der Waals surface area contributed by atoms with E-state index in [1.54, 1.807) is 0 Å². The standard InChI is InChI=1S/C14H8BrF3N2/c15-13-9(6-19)2-4-12(14(13)18)20-7-8-1-3-10(16)11(17)5-8/h1-5,20H,7H2. The van der Waals surface area contributed by atoms with Gasteiger partial charge >= 0.3 is 0 Å². The van der Waals surface area contributed by atoms with Gasteiger partial charge in [-0.05, 0) is 45.8 Å². The van der Waals surface area contributed by atoms with Gasteiger partial charge < -0.3 is 5.32 Å². The van der Waals surface area contributed by atoms with Gasteiger partial charge in [0.25, 0.3) is 0 Å². The highest BCUT2D eigenvalue weighted by molar-refractivity contribution is 9.10. The lowest BCUT2D eigenvalue weighted by molar-refractivity contribution is 0.507. The maximum atomic E-state index is 13.9. The van der Waals surface area contributed by atoms with E-state index in [2.05, 4.69) is 21.2 Å². The Hall–Kier alpha value is -2.00. The molecule has 0 unspecified atom stereocenters. The number of benzene rings is 2. The second-order valence-corrected chi connectivity index (χ2v) is 4.80. The van der Waals surface area contributed by atoms with Crippen LogP contribution in [-0.4, -0.2) is 0 Å². The third-order valence-electron chi connectivity index (χ3n) is 2.67. The molecule has 20 heavy (non-hydrogen) atoms. The van der Waals surface area contributed by atoms with Crippen LogP contribution >= 0.6 is 15.9 Å². The number of halogens is 4. The van der Waals surface area contributed by atoms with Gasteiger partial charge in [0.05, 0.1) is 15.7 Å². The second kappa shape index (κ2) is 5.97. The van der Waals surface area contributed by atoms with Gasteiger partial charge in [-0.3, -0.25) is 0 Å². The summed E-state index contributed by atoms with van der Waals surface area (Å²) in [5, 5.41) is 11.5. The topological polar surface area (TPSA) is 35.8 Å². The Balaban J connectivity index is 2.17. The minimum absolute atomic E-state index is 0.0651. The first-order valence-corrected chi connectivity index (χ1v) is 6.38. The van der Waals surface area contributed by atoms with Crippen molar-refractivity contribution < 1.29 is 13.2 Å². The molecule has 2 aromatic rings. The van der Waals surface area contributed by atoms with Gasteiger partial charge in [-0.1, -0.05) is 6.07 Å². The van der Waals surface area contributed by atoms with Crippen molar-refractivity contribution in [3.8, 4) is 6.07 Å². The number of rotatable bonds is 3. The van der Waals surface area contributed by atoms with Gasteiger partial charge in [0, 0.05) is 6.54 Å². The molecule has 0 radical (unpaired) electrons. The van der Waals surface area contributed by atoms with Crippen LogP contribution in [0.1, 0.15) is 11.1 Å². The average Bonchev–Trinajstić information content (AvgIpc) is 2.44. The SMILES string of the molecule is N#Cc1ccc(NCc2ccc(F)c(F)c2)c(F)c1Br. The molecular weight excluding hydrogens is 333 g/mol. The molecule has 0 aliphatic rings. The first kappa shape index (κ1) is 14.4. The van der Waals surface area contributed by atoms with Crippen LogP contribution in [0.4, 0.5) is 18.9 Å². The molecule has 0 aliphatic heterocycles. The van der Waals surface area contributed by atoms with Crippen LogP contribution in [0.3, 0.4) is 0 Å². The largest absolute Gasteiger partial charge is 0.379 e. The van der Waals surface area contributed by atoms with E-state index >= 15 is 0 Å². The maximum absolute atomic E-state index is 13.9. The molecule has 6 heteroatoms. The average molecular weight is 341 g/mol. The third-order valence-corrected chi connectivity index (χ3v) is 3.45. The van der Waals surface area contributed by atoms with Gasteiger partial charge in [0.2, 0.25) is 0 Å². The van der Waals surface area contributed by atoms with Gasteiger partial charge in [-0.2, -0.15) is 5.26 Å². The normalized spacial score (nSPS) is 10.2. The third kappa shape index (κ3) is 2.94. The van der Waals surface area contributed by atoms with E-state index in [1.807, 2.05) is 6.07 Å². The number of nitrogens with one attached hydrogen (secondary N) is 1. The molecule has 0 saturated heterocycles. The van der Waals surface area contributed by atoms with Crippen LogP contribution in [0.5, 0.6) is 0 Å². The molecular formula is C14H8BrF3N2. The molecule has 0 saturated carbocycles. The molecule has 2 rings (SSSR count). The highest BCUT2D eigenvalue weighted by atomic mass is 79.9. The van der Waals surface area contributed by atoms with E-state index in [1.165, 1.54) is 18.2 Å². The first-order valence-electron chi connectivity index (χ1n) is 5.59. The molecule has 2 nitrogen and oxygen atoms in total. The fraction of sp³-hybridized carbons (Fsp3) is 0.0714. The van der Waals surface area contributed by atoms with Crippen LogP contribution < -0.4 is 5.32 Å². The molecule has 1 N–H and O–H groups in total. The Bertz CT molecular complexity index is 696. The van der Waals surface area contributed by atoms with Gasteiger partial charge in [0.15, 0.2) is 17.5 Å². The van der Waals surface area contributed by atoms with Crippen molar-refractivity contribution in [2.75, 3.05) is 5.32 Å². The molecule has 0 atom stereocenters. The summed E-state index contributed by atoms with van der Waals surface area (Å²) in [6.45, 7) is 0.131. The van der Waals surface area contributed by atoms with E-state index in [0.717, 1.165) is 12.1 Å². The van der Waals surface area contributed by atoms with E-state index in [9.17, 15) is 13.2 Å². The Morgan fingerprint density at radius 2 is 1.85 bits per heavy atom. The lowest BCUT2D eigenvalue weighted by Crippen LogP contribution is -2.03. The highest BCUT2D eigenvalue weighted by Crippen LogP contribution is 2.27. The van der Waals surface area contributed by atoms with Crippen LogP contribution in [0.15, 0.2) is 34.8 Å². The summed E-state index contributed by atoms with van der Waals surface area (Å²) in [5.74, 6) is -2.49. The van der Waals surface area contributed by atoms with Crippen molar-refractivity contribution in [2.24, 2.45) is 0 Å². The number of hydrogen-bond acceptors (Lipinski definition) is 2. The Morgan fingerprint density at radius 3 is 2.50 bits per heavy atom. The predicted molar refractivity (Wildman–Crippen MR) is 72.5 cm³/mol. The fourth-order valence-electron chi connectivity index (χ4n) is 1.62. The molecule has 0 spiro atoms. The Morgan fingerprint density at radius 1 is 1.10 bits per heavy atom. The van der Waals surface area contributed by atoms with Crippen molar-refractivity contribution in [2.45, 2.75) is 6.54 Å². The summed E-state index contributed by atoms with van der Waals surface area (Å²) in [6.07, 6.45) is 0. The number of nitriles is 1. The molecule has 2 aromatic carbocycles. The van der Waals surface area contributed by atoms with Crippen LogP contribution in [0.2, 0.25) is 0 Å². The number of anilines is 1. The van der Waals surface area contributed by atoms with Crippen LogP contribution in [0, 0.1) is 28.8 Å². The summed E-state index contributed by atoms with van der Waals surface area (Å²) in [6, 6.07) is 8.18. The minimum Gasteiger partial charge on any atom is -0.379 e. The molecule has 0 heterocycles. The Kier molecular flexibility index (Phi) is 4.30. The summed E-state index contributed by atoms with van der Waals surface area (Å²) < 4.78 is 39.8. The fourth-order valence-corrected chi connectivity index (χ4v) is 2.05. The zero-order valence-electron chi connectivity index (χ0n) is 10.1. The first-order chi connectivity index (χ1) is 9.52. The predicted octanol–water partition coefficient (Wildman–Crippen LogP) is 4.35. The minimum atomic E-state index is -0.953. The molecule has 0 bridgehead atoms. The summed E-state index contributed by atoms with van der Waals surface area (Å²) in [4.78, 5) is 0. The number of nitrogens with zero attached hydrogens (tertiary/aromatic N) is 1. The number of hydrogen-bond donors (Lipinski definition) is 1. The van der Waals surface area contributed by atoms with Gasteiger partial charge in [-0.25, -0.2) is 13.2 Å². The van der Waals surface area contributed by atoms with Crippen LogP contribution in [-0.2, 0) is 6.54 Å². The van der Waals surface area contributed by atoms with E-state index in [0.29, 0.717) is 5.56 Å². The molecule has 0 aliphatic carbocycles. The monoisotopic (exact) mass is 340 g/mol. The van der Waals surface area contributed by atoms with Crippen molar-refractivity contribution in [1.29, 1.82) is 5.26 Å². The highest BCUT2D eigenvalue weighted by Gasteiger charge is 2.11. The van der Waals surface area contributed by atoms with Gasteiger partial charge in [-0.15, -0.1) is 0 Å². The molecule has 0 amide bonds. The summed E-state index contributed by atoms with van der Waals surface area (Å²) >= 11 is 2.99. The van der Waals surface area contributed by atoms with Crippen molar-refractivity contribution >= 4 is 21.6 Å². The van der Waals surface area contributed by atoms with Crippen molar-refractivity contribution in [1.82, 2.24) is 0 Å². The van der Waals surface area contributed by atoms with Crippen LogP contribution in [0.25, 0.3) is 0 Å². The lowest BCUT2D eigenvalue weighted by atomic mass is 10.2. The molecule has 102 valence electrons. The molecule has 0 aromatic heterocycles. The lowest BCUT2D eigenvalue weighted by Gasteiger charge is -2.09. The van der Waals surface area contributed by atoms with E-state index < -0.39 is 17.5 Å². The smallest absolute Gasteiger partial charge is 0.161 e. The Labute approximate surface area is 122 Å². The zero-order valence-corrected chi connectivity index (χ0v) is 11.6. The summed E-state index contributed by atoms with van der Waals surface area (Å²) in [5.41, 5.74) is 0.824. The van der Waals surface area contributed by atoms with Crippen molar-refractivity contribution in [3.63, 3.8) is 0 Å². The van der Waals surface area contributed by atoms with Gasteiger partial charge in [0.1, 0.15) is 6.07 Å². The van der Waals surface area contributed by atoms with E-state index in [-0.39, 0.29) is 22.3 Å². The quantitative estimate of drug-likeness (QED) is 0.901. The summed E-state index contributed by atoms with van der Waals surface area (Å²) in [7, 11) is 0. The molecule has 0 fully saturated rings. The zero-order chi connectivity index (χ0) is 14.7. The van der Waals surface area contributed by atoms with Crippen molar-refractivity contribution in [3.05, 3.63) is 63.4 Å². The second-order valence-electron chi connectivity index (χ2n) is 4.00. The maximum Gasteiger partial charge on any atom is 0.161 e. The van der Waals surface area contributed by atoms with E-state index in [4.69, 9.17) is 5.26 Å².